The molecule has 5 heteroatoms. The molecule has 3 aromatic carbocycles. The minimum absolute atomic E-state index is 0.208. The third kappa shape index (κ3) is 4.26. The van der Waals surface area contributed by atoms with Crippen molar-refractivity contribution in [3.05, 3.63) is 71.8 Å². The molecule has 0 saturated heterocycles. The van der Waals surface area contributed by atoms with E-state index >= 15 is 0 Å². The molecule has 0 N–H and O–H groups in total. The maximum Gasteiger partial charge on any atom is 0.331 e. The summed E-state index contributed by atoms with van der Waals surface area (Å²) in [5, 5.41) is 2.19. The molecular weight excluding hydrogens is 356 g/mol. The lowest BCUT2D eigenvalue weighted by Gasteiger charge is -2.12. The van der Waals surface area contributed by atoms with Gasteiger partial charge in [-0.2, -0.15) is 0 Å². The SMILES string of the molecule is COc1cc(/C=C/C(=O)OCc2cccc3ccccc23)cc(OC)c1OC. The van der Waals surface area contributed by atoms with Crippen molar-refractivity contribution in [2.45, 2.75) is 6.61 Å². The number of carbonyl (C=O) groups excluding carboxylic acids is 1. The summed E-state index contributed by atoms with van der Waals surface area (Å²) in [6.45, 7) is 0.208. The molecule has 144 valence electrons. The van der Waals surface area contributed by atoms with Crippen LogP contribution in [-0.4, -0.2) is 27.3 Å². The first-order chi connectivity index (χ1) is 13.7. The second-order valence-electron chi connectivity index (χ2n) is 6.04. The van der Waals surface area contributed by atoms with Crippen LogP contribution in [0.1, 0.15) is 11.1 Å². The molecule has 0 aliphatic heterocycles. The Morgan fingerprint density at radius 1 is 0.893 bits per heavy atom. The molecule has 3 aromatic rings. The van der Waals surface area contributed by atoms with Gasteiger partial charge >= 0.3 is 5.97 Å². The van der Waals surface area contributed by atoms with E-state index in [9.17, 15) is 4.79 Å². The number of fused-ring (bicyclic) bond motifs is 1. The van der Waals surface area contributed by atoms with Crippen LogP contribution in [0.5, 0.6) is 17.2 Å². The summed E-state index contributed by atoms with van der Waals surface area (Å²) in [6.07, 6.45) is 3.03. The Kier molecular flexibility index (Phi) is 6.17. The minimum Gasteiger partial charge on any atom is -0.493 e. The fraction of sp³-hybridized carbons (Fsp3) is 0.174. The second-order valence-corrected chi connectivity index (χ2v) is 6.04. The van der Waals surface area contributed by atoms with E-state index in [4.69, 9.17) is 18.9 Å². The molecule has 0 unspecified atom stereocenters. The van der Waals surface area contributed by atoms with Crippen molar-refractivity contribution in [2.24, 2.45) is 0 Å². The molecule has 0 aliphatic rings. The third-order valence-electron chi connectivity index (χ3n) is 4.35. The van der Waals surface area contributed by atoms with Gasteiger partial charge < -0.3 is 18.9 Å². The van der Waals surface area contributed by atoms with Crippen LogP contribution in [0.15, 0.2) is 60.7 Å². The van der Waals surface area contributed by atoms with Crippen LogP contribution >= 0.6 is 0 Å². The largest absolute Gasteiger partial charge is 0.493 e. The van der Waals surface area contributed by atoms with Gasteiger partial charge in [-0.05, 0) is 40.1 Å². The number of hydrogen-bond acceptors (Lipinski definition) is 5. The van der Waals surface area contributed by atoms with Crippen LogP contribution in [0, 0.1) is 0 Å². The van der Waals surface area contributed by atoms with Crippen LogP contribution < -0.4 is 14.2 Å². The first kappa shape index (κ1) is 19.3. The predicted molar refractivity (Wildman–Crippen MR) is 109 cm³/mol. The van der Waals surface area contributed by atoms with E-state index in [1.165, 1.54) is 6.08 Å². The average Bonchev–Trinajstić information content (AvgIpc) is 2.75. The van der Waals surface area contributed by atoms with Crippen LogP contribution in [0.25, 0.3) is 16.8 Å². The smallest absolute Gasteiger partial charge is 0.331 e. The molecule has 0 radical (unpaired) electrons. The first-order valence-corrected chi connectivity index (χ1v) is 8.77. The van der Waals surface area contributed by atoms with Crippen LogP contribution in [0.4, 0.5) is 0 Å². The minimum atomic E-state index is -0.429. The van der Waals surface area contributed by atoms with Gasteiger partial charge in [-0.3, -0.25) is 0 Å². The summed E-state index contributed by atoms with van der Waals surface area (Å²) >= 11 is 0. The normalized spacial score (nSPS) is 10.8. The average molecular weight is 378 g/mol. The van der Waals surface area contributed by atoms with Gasteiger partial charge in [0.15, 0.2) is 11.5 Å². The highest BCUT2D eigenvalue weighted by Crippen LogP contribution is 2.38. The summed E-state index contributed by atoms with van der Waals surface area (Å²) in [6, 6.07) is 17.5. The van der Waals surface area contributed by atoms with Gasteiger partial charge in [-0.25, -0.2) is 4.79 Å². The number of ether oxygens (including phenoxy) is 4. The number of carbonyl (C=O) groups is 1. The number of hydrogen-bond donors (Lipinski definition) is 0. The lowest BCUT2D eigenvalue weighted by Crippen LogP contribution is -2.01. The first-order valence-electron chi connectivity index (χ1n) is 8.77. The van der Waals surface area contributed by atoms with E-state index in [1.807, 2.05) is 42.5 Å². The number of rotatable bonds is 7. The number of methoxy groups -OCH3 is 3. The molecule has 0 aromatic heterocycles. The number of benzene rings is 3. The Hall–Kier alpha value is -3.47. The van der Waals surface area contributed by atoms with Gasteiger partial charge in [0.2, 0.25) is 5.75 Å². The number of esters is 1. The monoisotopic (exact) mass is 378 g/mol. The van der Waals surface area contributed by atoms with Crippen molar-refractivity contribution in [1.82, 2.24) is 0 Å². The zero-order valence-electron chi connectivity index (χ0n) is 16.1. The van der Waals surface area contributed by atoms with Gasteiger partial charge in [-0.1, -0.05) is 42.5 Å². The molecule has 0 amide bonds. The fourth-order valence-electron chi connectivity index (χ4n) is 2.98. The Morgan fingerprint density at radius 2 is 1.57 bits per heavy atom. The van der Waals surface area contributed by atoms with E-state index < -0.39 is 5.97 Å². The third-order valence-corrected chi connectivity index (χ3v) is 4.35. The Morgan fingerprint density at radius 3 is 2.25 bits per heavy atom. The highest BCUT2D eigenvalue weighted by molar-refractivity contribution is 5.88. The summed E-state index contributed by atoms with van der Waals surface area (Å²) in [5.41, 5.74) is 1.70. The lowest BCUT2D eigenvalue weighted by atomic mass is 10.1. The fourth-order valence-corrected chi connectivity index (χ4v) is 2.98. The van der Waals surface area contributed by atoms with Crippen molar-refractivity contribution in [2.75, 3.05) is 21.3 Å². The maximum atomic E-state index is 12.2. The molecule has 3 rings (SSSR count). The van der Waals surface area contributed by atoms with Crippen LogP contribution in [0.2, 0.25) is 0 Å². The molecule has 0 fully saturated rings. The Bertz CT molecular complexity index is 977. The highest BCUT2D eigenvalue weighted by atomic mass is 16.5. The molecule has 0 aliphatic carbocycles. The van der Waals surface area contributed by atoms with Crippen LogP contribution in [-0.2, 0) is 16.1 Å². The summed E-state index contributed by atoms with van der Waals surface area (Å²) in [5.74, 6) is 1.11. The zero-order chi connectivity index (χ0) is 19.9. The summed E-state index contributed by atoms with van der Waals surface area (Å²) < 4.78 is 21.3. The molecule has 28 heavy (non-hydrogen) atoms. The molecule has 0 spiro atoms. The van der Waals surface area contributed by atoms with E-state index in [0.29, 0.717) is 17.2 Å². The van der Waals surface area contributed by atoms with E-state index in [1.54, 1.807) is 39.5 Å². The van der Waals surface area contributed by atoms with Gasteiger partial charge in [0.1, 0.15) is 6.61 Å². The van der Waals surface area contributed by atoms with E-state index in [-0.39, 0.29) is 6.61 Å². The van der Waals surface area contributed by atoms with Gasteiger partial charge in [0.05, 0.1) is 21.3 Å². The van der Waals surface area contributed by atoms with Crippen LogP contribution in [0.3, 0.4) is 0 Å². The molecular formula is C23H22O5. The van der Waals surface area contributed by atoms with Crippen molar-refractivity contribution < 1.29 is 23.7 Å². The highest BCUT2D eigenvalue weighted by Gasteiger charge is 2.12. The molecule has 0 heterocycles. The molecule has 5 nitrogen and oxygen atoms in total. The molecule has 0 bridgehead atoms. The molecule has 0 saturated carbocycles. The Balaban J connectivity index is 1.72. The maximum absolute atomic E-state index is 12.2. The summed E-state index contributed by atoms with van der Waals surface area (Å²) in [4.78, 5) is 12.2. The van der Waals surface area contributed by atoms with Crippen molar-refractivity contribution >= 4 is 22.8 Å². The topological polar surface area (TPSA) is 54.0 Å². The van der Waals surface area contributed by atoms with E-state index in [2.05, 4.69) is 0 Å². The molecule has 0 atom stereocenters. The van der Waals surface area contributed by atoms with Crippen molar-refractivity contribution in [3.63, 3.8) is 0 Å². The Labute approximate surface area is 164 Å². The second kappa shape index (κ2) is 8.95. The standard InChI is InChI=1S/C23H22O5/c1-25-20-13-16(14-21(26-2)23(20)27-3)11-12-22(24)28-15-18-9-6-8-17-7-4-5-10-19(17)18/h4-14H,15H2,1-3H3/b12-11+. The van der Waals surface area contributed by atoms with E-state index in [0.717, 1.165) is 21.9 Å². The summed E-state index contributed by atoms with van der Waals surface area (Å²) in [7, 11) is 4.63. The van der Waals surface area contributed by atoms with Crippen molar-refractivity contribution in [3.8, 4) is 17.2 Å². The predicted octanol–water partition coefficient (Wildman–Crippen LogP) is 4.62. The quantitative estimate of drug-likeness (QED) is 0.443. The zero-order valence-corrected chi connectivity index (χ0v) is 16.1. The van der Waals surface area contributed by atoms with Gasteiger partial charge in [-0.15, -0.1) is 0 Å². The van der Waals surface area contributed by atoms with Gasteiger partial charge in [0, 0.05) is 6.08 Å². The van der Waals surface area contributed by atoms with Crippen molar-refractivity contribution in [1.29, 1.82) is 0 Å². The lowest BCUT2D eigenvalue weighted by molar-refractivity contribution is -0.138. The van der Waals surface area contributed by atoms with Gasteiger partial charge in [0.25, 0.3) is 0 Å².